The Morgan fingerprint density at radius 2 is 2.07 bits per heavy atom. The zero-order chi connectivity index (χ0) is 21.5. The lowest BCUT2D eigenvalue weighted by atomic mass is 10.1. The molecule has 1 atom stereocenters. The summed E-state index contributed by atoms with van der Waals surface area (Å²) in [6.45, 7) is 4.02. The first kappa shape index (κ1) is 21.3. The molecule has 0 radical (unpaired) electrons. The highest BCUT2D eigenvalue weighted by Crippen LogP contribution is 2.18. The molecule has 156 valence electrons. The Hall–Kier alpha value is -3.43. The number of hydroxylamine groups is 1. The molecule has 0 spiro atoms. The first-order valence-corrected chi connectivity index (χ1v) is 9.35. The molecule has 9 heteroatoms. The van der Waals surface area contributed by atoms with Gasteiger partial charge in [-0.3, -0.25) is 14.6 Å². The predicted molar refractivity (Wildman–Crippen MR) is 108 cm³/mol. The van der Waals surface area contributed by atoms with Crippen LogP contribution >= 0.6 is 0 Å². The van der Waals surface area contributed by atoms with Gasteiger partial charge in [-0.1, -0.05) is 6.07 Å². The number of amides is 1. The summed E-state index contributed by atoms with van der Waals surface area (Å²) in [6.07, 6.45) is 4.41. The molecule has 2 aromatic heterocycles. The second-order valence-electron chi connectivity index (χ2n) is 6.47. The Kier molecular flexibility index (Phi) is 6.99. The zero-order valence-electron chi connectivity index (χ0n) is 16.6. The van der Waals surface area contributed by atoms with E-state index in [9.17, 15) is 9.18 Å². The van der Waals surface area contributed by atoms with E-state index in [1.807, 2.05) is 6.92 Å². The van der Waals surface area contributed by atoms with Crippen LogP contribution in [0.15, 0.2) is 48.9 Å². The third kappa shape index (κ3) is 5.34. The number of carbonyl (C=O) groups excluding carboxylic acids is 1. The van der Waals surface area contributed by atoms with Gasteiger partial charge in [-0.05, 0) is 37.6 Å². The van der Waals surface area contributed by atoms with E-state index < -0.39 is 11.7 Å². The number of carbonyl (C=O) groups is 1. The second-order valence-corrected chi connectivity index (χ2v) is 6.47. The van der Waals surface area contributed by atoms with E-state index in [-0.39, 0.29) is 23.9 Å². The Morgan fingerprint density at radius 1 is 1.23 bits per heavy atom. The van der Waals surface area contributed by atoms with Crippen molar-refractivity contribution in [3.63, 3.8) is 0 Å². The topological polar surface area (TPSA) is 112 Å². The predicted octanol–water partition coefficient (Wildman–Crippen LogP) is 2.96. The van der Waals surface area contributed by atoms with Crippen molar-refractivity contribution in [3.8, 4) is 17.1 Å². The van der Waals surface area contributed by atoms with E-state index in [1.54, 1.807) is 37.4 Å². The van der Waals surface area contributed by atoms with Crippen molar-refractivity contribution >= 4 is 5.91 Å². The Bertz CT molecular complexity index is 1010. The highest BCUT2D eigenvalue weighted by atomic mass is 19.1. The monoisotopic (exact) mass is 411 g/mol. The molecule has 3 aromatic rings. The summed E-state index contributed by atoms with van der Waals surface area (Å²) in [5, 5.41) is 0. The van der Waals surface area contributed by atoms with Gasteiger partial charge >= 0.3 is 0 Å². The van der Waals surface area contributed by atoms with Gasteiger partial charge in [-0.25, -0.2) is 19.8 Å². The van der Waals surface area contributed by atoms with E-state index in [4.69, 9.17) is 15.3 Å². The van der Waals surface area contributed by atoms with Crippen LogP contribution in [0.25, 0.3) is 11.3 Å². The minimum atomic E-state index is -0.605. The van der Waals surface area contributed by atoms with Crippen molar-refractivity contribution in [1.82, 2.24) is 20.4 Å². The molecule has 0 aliphatic heterocycles. The van der Waals surface area contributed by atoms with E-state index in [0.29, 0.717) is 23.7 Å². The number of ether oxygens (including phenoxy) is 1. The molecule has 0 aliphatic carbocycles. The molecule has 2 heterocycles. The summed E-state index contributed by atoms with van der Waals surface area (Å²) in [4.78, 5) is 30.0. The molecule has 1 amide bonds. The summed E-state index contributed by atoms with van der Waals surface area (Å²) in [7, 11) is 0. The average Bonchev–Trinajstić information content (AvgIpc) is 2.75. The number of nitrogens with one attached hydrogen (secondary N) is 1. The molecule has 3 N–H and O–H groups in total. The highest BCUT2D eigenvalue weighted by molar-refractivity contribution is 5.91. The maximum absolute atomic E-state index is 13.9. The van der Waals surface area contributed by atoms with Gasteiger partial charge in [0.05, 0.1) is 24.7 Å². The van der Waals surface area contributed by atoms with Crippen LogP contribution in [0.3, 0.4) is 0 Å². The molecule has 0 saturated heterocycles. The number of rotatable bonds is 8. The number of pyridine rings is 1. The number of halogens is 1. The SMILES string of the molecule is CCOc1ccc(-c2cncc(C(=O)NOCc3cc(C(C)N)ccc3F)n2)cn1. The Balaban J connectivity index is 1.64. The lowest BCUT2D eigenvalue weighted by Gasteiger charge is -2.10. The van der Waals surface area contributed by atoms with Gasteiger partial charge < -0.3 is 10.5 Å². The first-order chi connectivity index (χ1) is 14.5. The van der Waals surface area contributed by atoms with Crippen LogP contribution in [0.2, 0.25) is 0 Å². The molecule has 30 heavy (non-hydrogen) atoms. The Morgan fingerprint density at radius 3 is 2.77 bits per heavy atom. The van der Waals surface area contributed by atoms with Crippen LogP contribution in [0.1, 0.15) is 41.5 Å². The second kappa shape index (κ2) is 9.86. The number of hydrogen-bond acceptors (Lipinski definition) is 7. The van der Waals surface area contributed by atoms with Crippen molar-refractivity contribution in [1.29, 1.82) is 0 Å². The number of nitrogens with zero attached hydrogens (tertiary/aromatic N) is 3. The largest absolute Gasteiger partial charge is 0.478 e. The van der Waals surface area contributed by atoms with Crippen LogP contribution in [0, 0.1) is 5.82 Å². The summed E-state index contributed by atoms with van der Waals surface area (Å²) in [6, 6.07) is 7.77. The van der Waals surface area contributed by atoms with Gasteiger partial charge in [0.25, 0.3) is 5.91 Å². The summed E-state index contributed by atoms with van der Waals surface area (Å²) < 4.78 is 19.2. The van der Waals surface area contributed by atoms with Crippen molar-refractivity contribution in [2.24, 2.45) is 5.73 Å². The van der Waals surface area contributed by atoms with Gasteiger partial charge in [-0.15, -0.1) is 0 Å². The fourth-order valence-corrected chi connectivity index (χ4v) is 2.60. The average molecular weight is 411 g/mol. The molecule has 1 unspecified atom stereocenters. The summed E-state index contributed by atoms with van der Waals surface area (Å²) >= 11 is 0. The van der Waals surface area contributed by atoms with Crippen molar-refractivity contribution < 1.29 is 18.8 Å². The lowest BCUT2D eigenvalue weighted by molar-refractivity contribution is 0.0219. The molecule has 0 fully saturated rings. The van der Waals surface area contributed by atoms with Crippen LogP contribution in [-0.4, -0.2) is 27.5 Å². The third-order valence-corrected chi connectivity index (χ3v) is 4.18. The lowest BCUT2D eigenvalue weighted by Crippen LogP contribution is -2.25. The standard InChI is InChI=1S/C21H22FN5O3/c1-3-29-20-7-5-15(9-25-20)18-10-24-11-19(26-18)21(28)27-30-12-16-8-14(13(2)23)4-6-17(16)22/h4-11,13H,3,12,23H2,1-2H3,(H,27,28). The maximum Gasteiger partial charge on any atom is 0.295 e. The maximum atomic E-state index is 13.9. The number of nitrogens with two attached hydrogens (primary N) is 1. The minimum Gasteiger partial charge on any atom is -0.478 e. The van der Waals surface area contributed by atoms with Gasteiger partial charge in [0, 0.05) is 29.4 Å². The van der Waals surface area contributed by atoms with E-state index in [2.05, 4.69) is 20.4 Å². The molecule has 0 bridgehead atoms. The zero-order valence-corrected chi connectivity index (χ0v) is 16.6. The number of hydrogen-bond donors (Lipinski definition) is 2. The normalized spacial score (nSPS) is 11.7. The summed E-state index contributed by atoms with van der Waals surface area (Å²) in [5.74, 6) is -0.553. The first-order valence-electron chi connectivity index (χ1n) is 9.35. The van der Waals surface area contributed by atoms with Crippen LogP contribution in [0.4, 0.5) is 4.39 Å². The molecular formula is C21H22FN5O3. The molecule has 8 nitrogen and oxygen atoms in total. The van der Waals surface area contributed by atoms with Crippen molar-refractivity contribution in [3.05, 3.63) is 71.6 Å². The molecule has 1 aromatic carbocycles. The molecule has 3 rings (SSSR count). The summed E-state index contributed by atoms with van der Waals surface area (Å²) in [5.41, 5.74) is 10.3. The van der Waals surface area contributed by atoms with Gasteiger partial charge in [-0.2, -0.15) is 0 Å². The molecule has 0 saturated carbocycles. The smallest absolute Gasteiger partial charge is 0.295 e. The number of benzene rings is 1. The van der Waals surface area contributed by atoms with E-state index in [1.165, 1.54) is 18.5 Å². The highest BCUT2D eigenvalue weighted by Gasteiger charge is 2.12. The van der Waals surface area contributed by atoms with Gasteiger partial charge in [0.15, 0.2) is 0 Å². The van der Waals surface area contributed by atoms with Crippen LogP contribution < -0.4 is 16.0 Å². The van der Waals surface area contributed by atoms with E-state index >= 15 is 0 Å². The van der Waals surface area contributed by atoms with Crippen LogP contribution in [0.5, 0.6) is 5.88 Å². The van der Waals surface area contributed by atoms with Gasteiger partial charge in [0.1, 0.15) is 18.1 Å². The van der Waals surface area contributed by atoms with Crippen molar-refractivity contribution in [2.75, 3.05) is 6.61 Å². The van der Waals surface area contributed by atoms with E-state index in [0.717, 1.165) is 5.56 Å². The van der Waals surface area contributed by atoms with Gasteiger partial charge in [0.2, 0.25) is 5.88 Å². The minimum absolute atomic E-state index is 0.0474. The fourth-order valence-electron chi connectivity index (χ4n) is 2.60. The van der Waals surface area contributed by atoms with Crippen molar-refractivity contribution in [2.45, 2.75) is 26.5 Å². The molecule has 0 aliphatic rings. The quantitative estimate of drug-likeness (QED) is 0.548. The fraction of sp³-hybridized carbons (Fsp3) is 0.238. The number of aromatic nitrogens is 3. The Labute approximate surface area is 173 Å². The molecular weight excluding hydrogens is 389 g/mol. The van der Waals surface area contributed by atoms with Crippen LogP contribution in [-0.2, 0) is 11.4 Å². The third-order valence-electron chi connectivity index (χ3n) is 4.18.